The number of nitrogens with zero attached hydrogens (tertiary/aromatic N) is 2. The van der Waals surface area contributed by atoms with Crippen LogP contribution in [0.4, 0.5) is 13.2 Å². The fourth-order valence-electron chi connectivity index (χ4n) is 2.75. The fraction of sp³-hybridized carbons (Fsp3) is 0.588. The number of rotatable bonds is 6. The molecule has 0 aliphatic carbocycles. The van der Waals surface area contributed by atoms with E-state index in [1.807, 2.05) is 18.2 Å². The van der Waals surface area contributed by atoms with Gasteiger partial charge in [-0.15, -0.1) is 35.7 Å². The predicted molar refractivity (Wildman–Crippen MR) is 113 cm³/mol. The van der Waals surface area contributed by atoms with Gasteiger partial charge in [0.2, 0.25) is 0 Å². The van der Waals surface area contributed by atoms with Crippen LogP contribution in [0.3, 0.4) is 0 Å². The largest absolute Gasteiger partial charge is 0.401 e. The Morgan fingerprint density at radius 2 is 2.04 bits per heavy atom. The average Bonchev–Trinajstić information content (AvgIpc) is 2.97. The molecule has 1 aromatic rings. The van der Waals surface area contributed by atoms with Gasteiger partial charge < -0.3 is 10.6 Å². The van der Waals surface area contributed by atoms with Crippen LogP contribution in [-0.2, 0) is 0 Å². The van der Waals surface area contributed by atoms with Crippen LogP contribution in [0.5, 0.6) is 0 Å². The molecule has 0 spiro atoms. The molecule has 1 aliphatic heterocycles. The Kier molecular flexibility index (Phi) is 10.1. The number of hydrogen-bond acceptors (Lipinski definition) is 3. The Hall–Kier alpha value is -0.680. The van der Waals surface area contributed by atoms with Gasteiger partial charge in [-0.25, -0.2) is 0 Å². The number of guanidine groups is 1. The number of halogens is 4. The van der Waals surface area contributed by atoms with E-state index in [2.05, 4.69) is 34.7 Å². The van der Waals surface area contributed by atoms with Crippen LogP contribution < -0.4 is 10.6 Å². The summed E-state index contributed by atoms with van der Waals surface area (Å²) >= 11 is 1.77. The van der Waals surface area contributed by atoms with Crippen LogP contribution in [0.2, 0.25) is 0 Å². The molecule has 2 rings (SSSR count). The summed E-state index contributed by atoms with van der Waals surface area (Å²) < 4.78 is 37.4. The summed E-state index contributed by atoms with van der Waals surface area (Å²) in [5.74, 6) is 0.638. The van der Waals surface area contributed by atoms with Crippen molar-refractivity contribution in [1.82, 2.24) is 15.5 Å². The van der Waals surface area contributed by atoms with Crippen molar-refractivity contribution in [2.75, 3.05) is 33.2 Å². The first kappa shape index (κ1) is 23.4. The van der Waals surface area contributed by atoms with Crippen LogP contribution in [-0.4, -0.2) is 61.6 Å². The monoisotopic (exact) mass is 502 g/mol. The molecule has 0 radical (unpaired) electrons. The van der Waals surface area contributed by atoms with Crippen molar-refractivity contribution in [2.45, 2.75) is 35.7 Å². The van der Waals surface area contributed by atoms with E-state index in [0.717, 1.165) is 6.54 Å². The van der Waals surface area contributed by atoms with Crippen molar-refractivity contribution in [3.63, 3.8) is 0 Å². The highest BCUT2D eigenvalue weighted by molar-refractivity contribution is 14.0. The highest BCUT2D eigenvalue weighted by Crippen LogP contribution is 2.22. The molecule has 2 atom stereocenters. The highest BCUT2D eigenvalue weighted by Gasteiger charge is 2.34. The number of alkyl halides is 3. The molecule has 148 valence electrons. The Balaban J connectivity index is 0.00000338. The van der Waals surface area contributed by atoms with E-state index in [9.17, 15) is 13.2 Å². The number of aliphatic imine (C=N–C) groups is 1. The summed E-state index contributed by atoms with van der Waals surface area (Å²) in [7, 11) is 1.67. The van der Waals surface area contributed by atoms with E-state index in [1.54, 1.807) is 18.8 Å². The summed E-state index contributed by atoms with van der Waals surface area (Å²) in [4.78, 5) is 6.81. The van der Waals surface area contributed by atoms with Crippen molar-refractivity contribution in [3.8, 4) is 0 Å². The highest BCUT2D eigenvalue weighted by atomic mass is 127. The predicted octanol–water partition coefficient (Wildman–Crippen LogP) is 3.59. The van der Waals surface area contributed by atoms with Gasteiger partial charge in [-0.05, 0) is 18.6 Å². The summed E-state index contributed by atoms with van der Waals surface area (Å²) in [5.41, 5.74) is 0. The third-order valence-corrected chi connectivity index (χ3v) is 4.99. The third-order valence-electron chi connectivity index (χ3n) is 3.88. The van der Waals surface area contributed by atoms with Crippen molar-refractivity contribution in [1.29, 1.82) is 0 Å². The van der Waals surface area contributed by atoms with Gasteiger partial charge in [0.1, 0.15) is 0 Å². The topological polar surface area (TPSA) is 39.7 Å². The normalized spacial score (nSPS) is 19.7. The smallest absolute Gasteiger partial charge is 0.355 e. The van der Waals surface area contributed by atoms with E-state index in [-0.39, 0.29) is 30.0 Å². The van der Waals surface area contributed by atoms with Crippen LogP contribution >= 0.6 is 35.7 Å². The van der Waals surface area contributed by atoms with Crippen molar-refractivity contribution < 1.29 is 13.2 Å². The van der Waals surface area contributed by atoms with Gasteiger partial charge in [0.25, 0.3) is 0 Å². The molecule has 2 N–H and O–H groups in total. The quantitative estimate of drug-likeness (QED) is 0.270. The molecular weight excluding hydrogens is 476 g/mol. The minimum absolute atomic E-state index is 0. The standard InChI is InChI=1S/C17H25F3N4S.HI/c1-13(25-15-6-4-3-5-7-15)10-22-16(21-2)23-14-8-9-24(11-14)12-17(18,19)20;/h3-7,13-14H,8-12H2,1-2H3,(H2,21,22,23);1H. The summed E-state index contributed by atoms with van der Waals surface area (Å²) in [6, 6.07) is 10.1. The molecule has 1 saturated heterocycles. The number of nitrogens with one attached hydrogen (secondary N) is 2. The summed E-state index contributed by atoms with van der Waals surface area (Å²) in [6.45, 7) is 2.84. The van der Waals surface area contributed by atoms with Crippen molar-refractivity contribution >= 4 is 41.7 Å². The molecule has 9 heteroatoms. The van der Waals surface area contributed by atoms with E-state index in [1.165, 1.54) is 9.80 Å². The number of thioether (sulfide) groups is 1. The van der Waals surface area contributed by atoms with E-state index >= 15 is 0 Å². The summed E-state index contributed by atoms with van der Waals surface area (Å²) in [5, 5.41) is 6.82. The number of hydrogen-bond donors (Lipinski definition) is 2. The maximum absolute atomic E-state index is 12.5. The molecule has 1 fully saturated rings. The maximum Gasteiger partial charge on any atom is 0.401 e. The average molecular weight is 502 g/mol. The van der Waals surface area contributed by atoms with E-state index in [0.29, 0.717) is 30.7 Å². The van der Waals surface area contributed by atoms with Crippen LogP contribution in [0.1, 0.15) is 13.3 Å². The van der Waals surface area contributed by atoms with Crippen LogP contribution in [0.25, 0.3) is 0 Å². The van der Waals surface area contributed by atoms with Gasteiger partial charge in [-0.3, -0.25) is 9.89 Å². The van der Waals surface area contributed by atoms with Gasteiger partial charge in [-0.2, -0.15) is 13.2 Å². The van der Waals surface area contributed by atoms with Gasteiger partial charge in [0.15, 0.2) is 5.96 Å². The SMILES string of the molecule is CN=C(NCC(C)Sc1ccccc1)NC1CCN(CC(F)(F)F)C1.I. The second-order valence-corrected chi connectivity index (χ2v) is 7.69. The fourth-order valence-corrected chi connectivity index (χ4v) is 3.69. The van der Waals surface area contributed by atoms with E-state index in [4.69, 9.17) is 0 Å². The summed E-state index contributed by atoms with van der Waals surface area (Å²) in [6.07, 6.45) is -3.45. The first-order valence-corrected chi connectivity index (χ1v) is 9.21. The Bertz CT molecular complexity index is 557. The second kappa shape index (κ2) is 11.2. The van der Waals surface area contributed by atoms with Crippen molar-refractivity contribution in [2.24, 2.45) is 4.99 Å². The molecule has 0 bridgehead atoms. The maximum atomic E-state index is 12.5. The van der Waals surface area contributed by atoms with Crippen molar-refractivity contribution in [3.05, 3.63) is 30.3 Å². The molecule has 0 amide bonds. The molecule has 2 unspecified atom stereocenters. The molecule has 26 heavy (non-hydrogen) atoms. The molecule has 0 saturated carbocycles. The van der Waals surface area contributed by atoms with Gasteiger partial charge in [0, 0.05) is 42.9 Å². The lowest BCUT2D eigenvalue weighted by molar-refractivity contribution is -0.143. The first-order valence-electron chi connectivity index (χ1n) is 8.33. The van der Waals surface area contributed by atoms with Crippen LogP contribution in [0, 0.1) is 0 Å². The zero-order valence-electron chi connectivity index (χ0n) is 14.9. The lowest BCUT2D eigenvalue weighted by Gasteiger charge is -2.20. The molecular formula is C17H26F3IN4S. The number of benzene rings is 1. The minimum atomic E-state index is -4.14. The Morgan fingerprint density at radius 1 is 1.35 bits per heavy atom. The molecule has 1 heterocycles. The third kappa shape index (κ3) is 8.81. The molecule has 4 nitrogen and oxygen atoms in total. The lowest BCUT2D eigenvalue weighted by Crippen LogP contribution is -2.46. The number of likely N-dealkylation sites (tertiary alicyclic amines) is 1. The van der Waals surface area contributed by atoms with Gasteiger partial charge in [0.05, 0.1) is 6.54 Å². The first-order chi connectivity index (χ1) is 11.9. The zero-order valence-corrected chi connectivity index (χ0v) is 18.1. The zero-order chi connectivity index (χ0) is 18.3. The minimum Gasteiger partial charge on any atom is -0.355 e. The lowest BCUT2D eigenvalue weighted by atomic mass is 10.3. The second-order valence-electron chi connectivity index (χ2n) is 6.17. The van der Waals surface area contributed by atoms with Gasteiger partial charge in [-0.1, -0.05) is 25.1 Å². The van der Waals surface area contributed by atoms with E-state index < -0.39 is 12.7 Å². The molecule has 0 aromatic heterocycles. The Labute approximate surface area is 174 Å². The molecule has 1 aromatic carbocycles. The molecule has 1 aliphatic rings. The van der Waals surface area contributed by atoms with Gasteiger partial charge >= 0.3 is 6.18 Å². The Morgan fingerprint density at radius 3 is 2.65 bits per heavy atom. The van der Waals surface area contributed by atoms with Crippen LogP contribution in [0.15, 0.2) is 40.2 Å².